The van der Waals surface area contributed by atoms with Crippen LogP contribution in [0, 0.1) is 11.6 Å². The summed E-state index contributed by atoms with van der Waals surface area (Å²) in [6.07, 6.45) is 0.763. The molecular formula is C14H16ClF2N3. The minimum Gasteiger partial charge on any atom is -0.307 e. The molecule has 2 rings (SSSR count). The Labute approximate surface area is 121 Å². The van der Waals surface area contributed by atoms with Crippen molar-refractivity contribution in [3.8, 4) is 0 Å². The van der Waals surface area contributed by atoms with Gasteiger partial charge in [0.2, 0.25) is 0 Å². The minimum atomic E-state index is -0.575. The van der Waals surface area contributed by atoms with Gasteiger partial charge in [0, 0.05) is 31.8 Å². The van der Waals surface area contributed by atoms with Gasteiger partial charge in [-0.15, -0.1) is 0 Å². The van der Waals surface area contributed by atoms with Crippen LogP contribution in [0.25, 0.3) is 0 Å². The van der Waals surface area contributed by atoms with E-state index in [9.17, 15) is 8.78 Å². The first kappa shape index (κ1) is 14.9. The maximum atomic E-state index is 13.5. The molecule has 20 heavy (non-hydrogen) atoms. The molecule has 0 aliphatic rings. The SMILES string of the molecule is CCc1nn(C)c(CNCc2ccc(F)cc2F)c1Cl. The zero-order chi connectivity index (χ0) is 14.7. The molecule has 0 radical (unpaired) electrons. The number of halogens is 3. The van der Waals surface area contributed by atoms with Crippen molar-refractivity contribution in [3.63, 3.8) is 0 Å². The highest BCUT2D eigenvalue weighted by Gasteiger charge is 2.12. The number of aryl methyl sites for hydroxylation is 2. The van der Waals surface area contributed by atoms with Gasteiger partial charge in [0.15, 0.2) is 0 Å². The zero-order valence-electron chi connectivity index (χ0n) is 11.4. The molecule has 0 amide bonds. The van der Waals surface area contributed by atoms with Gasteiger partial charge in [-0.05, 0) is 12.5 Å². The van der Waals surface area contributed by atoms with E-state index in [-0.39, 0.29) is 0 Å². The maximum Gasteiger partial charge on any atom is 0.130 e. The summed E-state index contributed by atoms with van der Waals surface area (Å²) in [6.45, 7) is 2.76. The molecule has 2 aromatic rings. The largest absolute Gasteiger partial charge is 0.307 e. The third-order valence-electron chi connectivity index (χ3n) is 3.13. The number of nitrogens with one attached hydrogen (secondary N) is 1. The third-order valence-corrected chi connectivity index (χ3v) is 3.56. The average molecular weight is 300 g/mol. The average Bonchev–Trinajstić information content (AvgIpc) is 2.68. The fourth-order valence-electron chi connectivity index (χ4n) is 1.99. The van der Waals surface area contributed by atoms with E-state index in [0.717, 1.165) is 23.9 Å². The predicted molar refractivity (Wildman–Crippen MR) is 74.5 cm³/mol. The van der Waals surface area contributed by atoms with Crippen LogP contribution < -0.4 is 5.32 Å². The van der Waals surface area contributed by atoms with Gasteiger partial charge in [0.25, 0.3) is 0 Å². The summed E-state index contributed by atoms with van der Waals surface area (Å²) < 4.78 is 28.0. The van der Waals surface area contributed by atoms with E-state index >= 15 is 0 Å². The zero-order valence-corrected chi connectivity index (χ0v) is 12.1. The summed E-state index contributed by atoms with van der Waals surface area (Å²) in [6, 6.07) is 3.55. The summed E-state index contributed by atoms with van der Waals surface area (Å²) >= 11 is 6.22. The van der Waals surface area contributed by atoms with E-state index in [4.69, 9.17) is 11.6 Å². The first-order valence-corrected chi connectivity index (χ1v) is 6.75. The van der Waals surface area contributed by atoms with Crippen LogP contribution in [0.3, 0.4) is 0 Å². The number of hydrogen-bond acceptors (Lipinski definition) is 2. The standard InChI is InChI=1S/C14H16ClF2N3/c1-3-12-14(15)13(20(2)19-12)8-18-7-9-4-5-10(16)6-11(9)17/h4-6,18H,3,7-8H2,1-2H3. The first-order valence-electron chi connectivity index (χ1n) is 6.37. The van der Waals surface area contributed by atoms with E-state index in [1.807, 2.05) is 14.0 Å². The number of hydrogen-bond donors (Lipinski definition) is 1. The molecule has 0 bridgehead atoms. The van der Waals surface area contributed by atoms with Crippen LogP contribution in [-0.4, -0.2) is 9.78 Å². The molecule has 3 nitrogen and oxygen atoms in total. The smallest absolute Gasteiger partial charge is 0.130 e. The summed E-state index contributed by atoms with van der Waals surface area (Å²) in [4.78, 5) is 0. The monoisotopic (exact) mass is 299 g/mol. The second-order valence-corrected chi connectivity index (χ2v) is 4.90. The van der Waals surface area contributed by atoms with Crippen molar-refractivity contribution in [2.75, 3.05) is 0 Å². The topological polar surface area (TPSA) is 29.9 Å². The maximum absolute atomic E-state index is 13.5. The predicted octanol–water partition coefficient (Wildman–Crippen LogP) is 3.20. The van der Waals surface area contributed by atoms with Crippen molar-refractivity contribution in [3.05, 3.63) is 51.8 Å². The van der Waals surface area contributed by atoms with Crippen LogP contribution >= 0.6 is 11.6 Å². The third kappa shape index (κ3) is 3.16. The van der Waals surface area contributed by atoms with Crippen molar-refractivity contribution in [2.45, 2.75) is 26.4 Å². The molecule has 0 atom stereocenters. The van der Waals surface area contributed by atoms with Crippen LogP contribution in [0.2, 0.25) is 5.02 Å². The van der Waals surface area contributed by atoms with Gasteiger partial charge in [-0.1, -0.05) is 24.6 Å². The molecule has 1 aromatic heterocycles. The van der Waals surface area contributed by atoms with Crippen molar-refractivity contribution in [2.24, 2.45) is 7.05 Å². The quantitative estimate of drug-likeness (QED) is 0.919. The van der Waals surface area contributed by atoms with E-state index < -0.39 is 11.6 Å². The Bertz CT molecular complexity index is 611. The van der Waals surface area contributed by atoms with Gasteiger partial charge in [-0.3, -0.25) is 4.68 Å². The molecular weight excluding hydrogens is 284 g/mol. The van der Waals surface area contributed by atoms with Crippen molar-refractivity contribution in [1.29, 1.82) is 0 Å². The van der Waals surface area contributed by atoms with Gasteiger partial charge >= 0.3 is 0 Å². The van der Waals surface area contributed by atoms with Crippen LogP contribution in [0.1, 0.15) is 23.9 Å². The molecule has 1 N–H and O–H groups in total. The Morgan fingerprint density at radius 2 is 2.05 bits per heavy atom. The van der Waals surface area contributed by atoms with Crippen LogP contribution in [0.15, 0.2) is 18.2 Å². The van der Waals surface area contributed by atoms with E-state index in [1.165, 1.54) is 12.1 Å². The fraction of sp³-hybridized carbons (Fsp3) is 0.357. The van der Waals surface area contributed by atoms with Crippen LogP contribution in [-0.2, 0) is 26.6 Å². The molecule has 0 spiro atoms. The molecule has 0 aliphatic carbocycles. The van der Waals surface area contributed by atoms with E-state index in [0.29, 0.717) is 23.7 Å². The number of nitrogens with zero attached hydrogens (tertiary/aromatic N) is 2. The highest BCUT2D eigenvalue weighted by Crippen LogP contribution is 2.20. The Morgan fingerprint density at radius 1 is 1.30 bits per heavy atom. The van der Waals surface area contributed by atoms with Crippen molar-refractivity contribution < 1.29 is 8.78 Å². The van der Waals surface area contributed by atoms with Crippen molar-refractivity contribution in [1.82, 2.24) is 15.1 Å². The van der Waals surface area contributed by atoms with Crippen LogP contribution in [0.4, 0.5) is 8.78 Å². The van der Waals surface area contributed by atoms with Gasteiger partial charge in [-0.25, -0.2) is 8.78 Å². The Morgan fingerprint density at radius 3 is 2.65 bits per heavy atom. The molecule has 0 saturated carbocycles. The summed E-state index contributed by atoms with van der Waals surface area (Å²) in [5, 5.41) is 8.03. The molecule has 0 fully saturated rings. The normalized spacial score (nSPS) is 11.1. The second kappa shape index (κ2) is 6.33. The number of benzene rings is 1. The molecule has 0 saturated heterocycles. The summed E-state index contributed by atoms with van der Waals surface area (Å²) in [5.74, 6) is -1.13. The lowest BCUT2D eigenvalue weighted by molar-refractivity contribution is 0.555. The molecule has 6 heteroatoms. The highest BCUT2D eigenvalue weighted by atomic mass is 35.5. The molecule has 1 heterocycles. The second-order valence-electron chi connectivity index (χ2n) is 4.52. The Balaban J connectivity index is 2.01. The minimum absolute atomic E-state index is 0.301. The Kier molecular flexibility index (Phi) is 4.73. The lowest BCUT2D eigenvalue weighted by atomic mass is 10.2. The lowest BCUT2D eigenvalue weighted by Gasteiger charge is -2.07. The molecule has 108 valence electrons. The summed E-state index contributed by atoms with van der Waals surface area (Å²) in [7, 11) is 1.82. The summed E-state index contributed by atoms with van der Waals surface area (Å²) in [5.41, 5.74) is 2.12. The molecule has 0 aliphatic heterocycles. The van der Waals surface area contributed by atoms with Crippen molar-refractivity contribution >= 4 is 11.6 Å². The van der Waals surface area contributed by atoms with Gasteiger partial charge in [0.05, 0.1) is 16.4 Å². The van der Waals surface area contributed by atoms with Gasteiger partial charge < -0.3 is 5.32 Å². The first-order chi connectivity index (χ1) is 9.52. The molecule has 0 unspecified atom stereocenters. The number of rotatable bonds is 5. The lowest BCUT2D eigenvalue weighted by Crippen LogP contribution is -2.16. The number of aromatic nitrogens is 2. The Hall–Kier alpha value is -1.46. The van der Waals surface area contributed by atoms with E-state index in [2.05, 4.69) is 10.4 Å². The van der Waals surface area contributed by atoms with Crippen LogP contribution in [0.5, 0.6) is 0 Å². The highest BCUT2D eigenvalue weighted by molar-refractivity contribution is 6.31. The fourth-order valence-corrected chi connectivity index (χ4v) is 2.35. The van der Waals surface area contributed by atoms with E-state index in [1.54, 1.807) is 4.68 Å². The van der Waals surface area contributed by atoms with Gasteiger partial charge in [0.1, 0.15) is 11.6 Å². The van der Waals surface area contributed by atoms with Gasteiger partial charge in [-0.2, -0.15) is 5.10 Å². The molecule has 1 aromatic carbocycles.